The standard InChI is InChI=1S/C3H5INO/c4-1-2-5-3-6/h1-2H2,(H,5,6). The van der Waals surface area contributed by atoms with Crippen LogP contribution in [0, 0.1) is 0 Å². The minimum Gasteiger partial charge on any atom is -0.347 e. The summed E-state index contributed by atoms with van der Waals surface area (Å²) in [5, 5.41) is 2.38. The Bertz CT molecular complexity index is 39.8. The van der Waals surface area contributed by atoms with Crippen LogP contribution in [-0.4, -0.2) is 17.4 Å². The molecule has 0 saturated carbocycles. The number of hydrogen-bond donors (Lipinski definition) is 1. The average Bonchev–Trinajstić information content (AvgIpc) is 1.61. The average molecular weight is 198 g/mol. The van der Waals surface area contributed by atoms with Gasteiger partial charge < -0.3 is 5.32 Å². The fraction of sp³-hybridized carbons (Fsp3) is 0.667. The van der Waals surface area contributed by atoms with E-state index in [4.69, 9.17) is 0 Å². The molecule has 0 saturated heterocycles. The highest BCUT2D eigenvalue weighted by atomic mass is 127. The van der Waals surface area contributed by atoms with Crippen LogP contribution >= 0.6 is 22.6 Å². The second-order valence-corrected chi connectivity index (χ2v) is 1.80. The molecule has 0 atom stereocenters. The smallest absolute Gasteiger partial charge is 0.309 e. The van der Waals surface area contributed by atoms with Crippen molar-refractivity contribution < 1.29 is 4.79 Å². The summed E-state index contributed by atoms with van der Waals surface area (Å²) in [4.78, 5) is 9.32. The largest absolute Gasteiger partial charge is 0.347 e. The van der Waals surface area contributed by atoms with Crippen LogP contribution in [0.2, 0.25) is 0 Å². The van der Waals surface area contributed by atoms with Crippen molar-refractivity contribution in [3.8, 4) is 0 Å². The zero-order chi connectivity index (χ0) is 4.83. The lowest BCUT2D eigenvalue weighted by molar-refractivity contribution is 0.544. The number of halogens is 1. The molecule has 0 aliphatic rings. The molecule has 0 aromatic carbocycles. The van der Waals surface area contributed by atoms with Gasteiger partial charge in [0.1, 0.15) is 0 Å². The van der Waals surface area contributed by atoms with Crippen molar-refractivity contribution in [2.45, 2.75) is 0 Å². The van der Waals surface area contributed by atoms with Crippen LogP contribution in [-0.2, 0) is 4.79 Å². The molecule has 0 heterocycles. The Morgan fingerprint density at radius 3 is 2.67 bits per heavy atom. The minimum atomic E-state index is 0.726. The first-order valence-corrected chi connectivity index (χ1v) is 3.10. The second-order valence-electron chi connectivity index (χ2n) is 0.718. The molecule has 0 unspecified atom stereocenters. The van der Waals surface area contributed by atoms with Crippen LogP contribution in [0.5, 0.6) is 0 Å². The van der Waals surface area contributed by atoms with Gasteiger partial charge in [-0.25, -0.2) is 0 Å². The molecule has 35 valence electrons. The Morgan fingerprint density at radius 2 is 2.50 bits per heavy atom. The molecular formula is C3H5INO. The zero-order valence-corrected chi connectivity index (χ0v) is 5.36. The van der Waals surface area contributed by atoms with Gasteiger partial charge in [0.2, 0.25) is 0 Å². The van der Waals surface area contributed by atoms with E-state index in [1.165, 1.54) is 0 Å². The van der Waals surface area contributed by atoms with Crippen LogP contribution < -0.4 is 5.32 Å². The molecule has 1 N–H and O–H groups in total. The number of amides is 1. The number of carbonyl (C=O) groups excluding carboxylic acids is 1. The van der Waals surface area contributed by atoms with Gasteiger partial charge in [0.15, 0.2) is 0 Å². The van der Waals surface area contributed by atoms with Crippen molar-refractivity contribution in [1.82, 2.24) is 5.32 Å². The quantitative estimate of drug-likeness (QED) is 0.296. The molecule has 0 bridgehead atoms. The van der Waals surface area contributed by atoms with Crippen molar-refractivity contribution in [2.75, 3.05) is 11.0 Å². The van der Waals surface area contributed by atoms with Gasteiger partial charge in [0.05, 0.1) is 0 Å². The Balaban J connectivity index is 2.49. The molecule has 0 aromatic heterocycles. The lowest BCUT2D eigenvalue weighted by Gasteiger charge is -1.83. The highest BCUT2D eigenvalue weighted by Gasteiger charge is 1.72. The third kappa shape index (κ3) is 4.20. The van der Waals surface area contributed by atoms with Crippen molar-refractivity contribution in [2.24, 2.45) is 0 Å². The van der Waals surface area contributed by atoms with Gasteiger partial charge in [0, 0.05) is 11.0 Å². The summed E-state index contributed by atoms with van der Waals surface area (Å²) < 4.78 is 0.951. The van der Waals surface area contributed by atoms with E-state index >= 15 is 0 Å². The third-order valence-corrected chi connectivity index (χ3v) is 0.831. The van der Waals surface area contributed by atoms with Crippen LogP contribution in [0.25, 0.3) is 0 Å². The van der Waals surface area contributed by atoms with Gasteiger partial charge in [-0.1, -0.05) is 22.6 Å². The fourth-order valence-electron chi connectivity index (χ4n) is 0.0983. The van der Waals surface area contributed by atoms with Gasteiger partial charge in [0.25, 0.3) is 0 Å². The highest BCUT2D eigenvalue weighted by molar-refractivity contribution is 14.1. The maximum absolute atomic E-state index is 9.32. The molecule has 0 rings (SSSR count). The predicted octanol–water partition coefficient (Wildman–Crippen LogP) is 0.0782. The van der Waals surface area contributed by atoms with Crippen LogP contribution in [0.1, 0.15) is 0 Å². The summed E-state index contributed by atoms with van der Waals surface area (Å²) in [6.07, 6.45) is 1.56. The predicted molar refractivity (Wildman–Crippen MR) is 32.6 cm³/mol. The maximum Gasteiger partial charge on any atom is 0.309 e. The van der Waals surface area contributed by atoms with Gasteiger partial charge >= 0.3 is 6.41 Å². The first-order valence-electron chi connectivity index (χ1n) is 1.57. The summed E-state index contributed by atoms with van der Waals surface area (Å²) >= 11 is 2.17. The first kappa shape index (κ1) is 6.20. The van der Waals surface area contributed by atoms with Crippen LogP contribution in [0.4, 0.5) is 0 Å². The molecular weight excluding hydrogens is 193 g/mol. The van der Waals surface area contributed by atoms with E-state index in [1.54, 1.807) is 6.41 Å². The number of alkyl halides is 1. The molecule has 0 aliphatic carbocycles. The topological polar surface area (TPSA) is 29.1 Å². The summed E-state index contributed by atoms with van der Waals surface area (Å²) in [5.74, 6) is 0. The lowest BCUT2D eigenvalue weighted by atomic mass is 10.8. The van der Waals surface area contributed by atoms with Crippen molar-refractivity contribution in [3.05, 3.63) is 0 Å². The highest BCUT2D eigenvalue weighted by Crippen LogP contribution is 1.72. The van der Waals surface area contributed by atoms with Crippen molar-refractivity contribution in [1.29, 1.82) is 0 Å². The molecule has 6 heavy (non-hydrogen) atoms. The maximum atomic E-state index is 9.32. The van der Waals surface area contributed by atoms with Crippen LogP contribution in [0.3, 0.4) is 0 Å². The Labute approximate surface area is 50.4 Å². The van der Waals surface area contributed by atoms with E-state index in [9.17, 15) is 4.79 Å². The molecule has 0 aromatic rings. The molecule has 0 aliphatic heterocycles. The summed E-state index contributed by atoms with van der Waals surface area (Å²) in [5.41, 5.74) is 0. The van der Waals surface area contributed by atoms with Crippen LogP contribution in [0.15, 0.2) is 0 Å². The van der Waals surface area contributed by atoms with Crippen molar-refractivity contribution >= 4 is 29.0 Å². The molecule has 1 amide bonds. The van der Waals surface area contributed by atoms with E-state index < -0.39 is 0 Å². The summed E-state index contributed by atoms with van der Waals surface area (Å²) in [6, 6.07) is 0. The number of hydrogen-bond acceptors (Lipinski definition) is 1. The SMILES string of the molecule is O=[C]NCCI. The van der Waals surface area contributed by atoms with Gasteiger partial charge in [-0.3, -0.25) is 4.79 Å². The normalized spacial score (nSPS) is 7.50. The van der Waals surface area contributed by atoms with Gasteiger partial charge in [-0.15, -0.1) is 0 Å². The zero-order valence-electron chi connectivity index (χ0n) is 3.20. The molecule has 0 fully saturated rings. The van der Waals surface area contributed by atoms with E-state index in [0.29, 0.717) is 0 Å². The summed E-state index contributed by atoms with van der Waals surface area (Å²) in [6.45, 7) is 0.726. The molecule has 2 nitrogen and oxygen atoms in total. The van der Waals surface area contributed by atoms with E-state index in [-0.39, 0.29) is 0 Å². The number of nitrogens with one attached hydrogen (secondary N) is 1. The van der Waals surface area contributed by atoms with E-state index in [2.05, 4.69) is 27.9 Å². The van der Waals surface area contributed by atoms with Crippen molar-refractivity contribution in [3.63, 3.8) is 0 Å². The monoisotopic (exact) mass is 198 g/mol. The number of rotatable bonds is 3. The Morgan fingerprint density at radius 1 is 1.83 bits per heavy atom. The summed E-state index contributed by atoms with van der Waals surface area (Å²) in [7, 11) is 0. The van der Waals surface area contributed by atoms with Gasteiger partial charge in [-0.05, 0) is 0 Å². The molecule has 1 radical (unpaired) electrons. The lowest BCUT2D eigenvalue weighted by Crippen LogP contribution is -2.12. The molecule has 0 spiro atoms. The van der Waals surface area contributed by atoms with Gasteiger partial charge in [-0.2, -0.15) is 0 Å². The van der Waals surface area contributed by atoms with E-state index in [1.807, 2.05) is 0 Å². The minimum absolute atomic E-state index is 0.726. The van der Waals surface area contributed by atoms with E-state index in [0.717, 1.165) is 11.0 Å². The fourth-order valence-corrected chi connectivity index (χ4v) is 0.368. The molecule has 3 heteroatoms. The Hall–Kier alpha value is 0.200. The second kappa shape index (κ2) is 5.20. The third-order valence-electron chi connectivity index (χ3n) is 0.292. The Kier molecular flexibility index (Phi) is 5.37. The first-order chi connectivity index (χ1) is 2.91.